The minimum absolute atomic E-state index is 0.156. The minimum Gasteiger partial charge on any atom is -0.496 e. The molecule has 0 radical (unpaired) electrons. The molecule has 0 unspecified atom stereocenters. The maximum absolute atomic E-state index is 13.3. The van der Waals surface area contributed by atoms with Crippen molar-refractivity contribution >= 4 is 23.6 Å². The first-order valence-corrected chi connectivity index (χ1v) is 10.8. The Morgan fingerprint density at radius 2 is 2.06 bits per heavy atom. The Balaban J connectivity index is 1.37. The normalized spacial score (nSPS) is 24.2. The molecule has 2 aromatic carbocycles. The van der Waals surface area contributed by atoms with Gasteiger partial charge in [-0.25, -0.2) is 9.69 Å². The van der Waals surface area contributed by atoms with E-state index in [9.17, 15) is 14.4 Å². The number of methoxy groups -OCH3 is 1. The van der Waals surface area contributed by atoms with Gasteiger partial charge in [0.15, 0.2) is 0 Å². The number of ether oxygens (including phenoxy) is 2. The zero-order valence-corrected chi connectivity index (χ0v) is 17.9. The Kier molecular flexibility index (Phi) is 4.80. The molecule has 8 heteroatoms. The van der Waals surface area contributed by atoms with Crippen LogP contribution in [0.15, 0.2) is 42.5 Å². The number of nitrogen functional groups attached to an aromatic ring is 1. The molecule has 3 aliphatic rings. The van der Waals surface area contributed by atoms with Crippen molar-refractivity contribution in [2.24, 2.45) is 0 Å². The van der Waals surface area contributed by atoms with E-state index in [-0.39, 0.29) is 18.5 Å². The number of aryl methyl sites for hydroxylation is 1. The Labute approximate surface area is 185 Å². The standard InChI is InChI=1S/C24H25N3O5/c1-31-20-7-3-2-5-17(20)19-6-4-12-26(19)21(28)14-27-22(29)24(32-23(27)30)11-10-15-13-16(25)8-9-18(15)24/h2-3,5,7-9,13,19H,4,6,10-12,14,25H2,1H3/t19-,24-/m1/s1. The monoisotopic (exact) mass is 435 g/mol. The third-order valence-corrected chi connectivity index (χ3v) is 6.75. The summed E-state index contributed by atoms with van der Waals surface area (Å²) >= 11 is 0. The number of hydrogen-bond donors (Lipinski definition) is 1. The van der Waals surface area contributed by atoms with Crippen molar-refractivity contribution in [3.8, 4) is 5.75 Å². The highest BCUT2D eigenvalue weighted by Crippen LogP contribution is 2.46. The number of carbonyl (C=O) groups is 3. The van der Waals surface area contributed by atoms with Crippen molar-refractivity contribution in [3.05, 3.63) is 59.2 Å². The van der Waals surface area contributed by atoms with Gasteiger partial charge in [-0.15, -0.1) is 0 Å². The summed E-state index contributed by atoms with van der Waals surface area (Å²) in [5, 5.41) is 0. The van der Waals surface area contributed by atoms with E-state index in [0.29, 0.717) is 30.6 Å². The number of anilines is 1. The van der Waals surface area contributed by atoms with Crippen LogP contribution < -0.4 is 10.5 Å². The van der Waals surface area contributed by atoms with Gasteiger partial charge in [0.05, 0.1) is 13.2 Å². The van der Waals surface area contributed by atoms with Gasteiger partial charge in [0, 0.05) is 29.8 Å². The first-order valence-electron chi connectivity index (χ1n) is 10.8. The third kappa shape index (κ3) is 3.01. The van der Waals surface area contributed by atoms with Crippen LogP contribution in [-0.2, 0) is 26.3 Å². The third-order valence-electron chi connectivity index (χ3n) is 6.75. The van der Waals surface area contributed by atoms with Crippen LogP contribution in [0.3, 0.4) is 0 Å². The molecule has 0 bridgehead atoms. The molecule has 2 saturated heterocycles. The summed E-state index contributed by atoms with van der Waals surface area (Å²) in [6, 6.07) is 12.7. The number of carbonyl (C=O) groups excluding carboxylic acids is 3. The summed E-state index contributed by atoms with van der Waals surface area (Å²) < 4.78 is 11.1. The van der Waals surface area contributed by atoms with Gasteiger partial charge in [0.1, 0.15) is 12.3 Å². The van der Waals surface area contributed by atoms with E-state index in [2.05, 4.69) is 0 Å². The molecule has 1 spiro atoms. The largest absolute Gasteiger partial charge is 0.496 e. The lowest BCUT2D eigenvalue weighted by Crippen LogP contribution is -2.44. The van der Waals surface area contributed by atoms with Crippen molar-refractivity contribution in [2.45, 2.75) is 37.3 Å². The van der Waals surface area contributed by atoms with E-state index < -0.39 is 17.6 Å². The molecule has 2 aromatic rings. The molecule has 2 heterocycles. The SMILES string of the molecule is COc1ccccc1[C@H]1CCCN1C(=O)CN1C(=O)O[C@@]2(CCc3cc(N)ccc32)C1=O. The maximum Gasteiger partial charge on any atom is 0.418 e. The van der Waals surface area contributed by atoms with Crippen LogP contribution in [0.25, 0.3) is 0 Å². The highest BCUT2D eigenvalue weighted by molar-refractivity contribution is 6.06. The van der Waals surface area contributed by atoms with Crippen LogP contribution in [0.5, 0.6) is 5.75 Å². The minimum atomic E-state index is -1.35. The molecule has 8 nitrogen and oxygen atoms in total. The summed E-state index contributed by atoms with van der Waals surface area (Å²) in [5.74, 6) is -0.0432. The number of imide groups is 1. The van der Waals surface area contributed by atoms with Crippen LogP contribution in [0, 0.1) is 0 Å². The number of nitrogens with two attached hydrogens (primary N) is 1. The van der Waals surface area contributed by atoms with Crippen molar-refractivity contribution in [2.75, 3.05) is 25.9 Å². The number of fused-ring (bicyclic) bond motifs is 2. The summed E-state index contributed by atoms with van der Waals surface area (Å²) in [4.78, 5) is 42.0. The van der Waals surface area contributed by atoms with Gasteiger partial charge in [0.2, 0.25) is 11.5 Å². The van der Waals surface area contributed by atoms with Gasteiger partial charge in [-0.05, 0) is 43.0 Å². The van der Waals surface area contributed by atoms with Gasteiger partial charge < -0.3 is 20.1 Å². The van der Waals surface area contributed by atoms with Crippen LogP contribution in [0.1, 0.15) is 42.0 Å². The topological polar surface area (TPSA) is 102 Å². The Hall–Kier alpha value is -3.55. The fourth-order valence-corrected chi connectivity index (χ4v) is 5.23. The van der Waals surface area contributed by atoms with Crippen LogP contribution in [0.2, 0.25) is 0 Å². The zero-order valence-electron chi connectivity index (χ0n) is 17.9. The predicted molar refractivity (Wildman–Crippen MR) is 116 cm³/mol. The first kappa shape index (κ1) is 20.4. The second kappa shape index (κ2) is 7.55. The summed E-state index contributed by atoms with van der Waals surface area (Å²) in [6.45, 7) is 0.223. The molecular formula is C24H25N3O5. The lowest BCUT2D eigenvalue weighted by Gasteiger charge is -2.27. The molecule has 166 valence electrons. The second-order valence-electron chi connectivity index (χ2n) is 8.49. The molecule has 5 rings (SSSR count). The summed E-state index contributed by atoms with van der Waals surface area (Å²) in [7, 11) is 1.60. The van der Waals surface area contributed by atoms with Crippen molar-refractivity contribution in [1.82, 2.24) is 9.80 Å². The van der Waals surface area contributed by atoms with Gasteiger partial charge in [-0.1, -0.05) is 24.3 Å². The summed E-state index contributed by atoms with van der Waals surface area (Å²) in [5.41, 5.74) is 7.59. The Morgan fingerprint density at radius 1 is 1.25 bits per heavy atom. The molecule has 0 aromatic heterocycles. The van der Waals surface area contributed by atoms with Crippen LogP contribution in [0.4, 0.5) is 10.5 Å². The van der Waals surface area contributed by atoms with Crippen LogP contribution >= 0.6 is 0 Å². The number of nitrogens with zero attached hydrogens (tertiary/aromatic N) is 2. The number of hydrogen-bond acceptors (Lipinski definition) is 6. The number of rotatable bonds is 4. The smallest absolute Gasteiger partial charge is 0.418 e. The van der Waals surface area contributed by atoms with Gasteiger partial charge in [0.25, 0.3) is 5.91 Å². The molecular weight excluding hydrogens is 410 g/mol. The Bertz CT molecular complexity index is 1120. The molecule has 32 heavy (non-hydrogen) atoms. The molecule has 3 amide bonds. The predicted octanol–water partition coefficient (Wildman–Crippen LogP) is 2.76. The quantitative estimate of drug-likeness (QED) is 0.741. The average Bonchev–Trinajstić information content (AvgIpc) is 3.47. The van der Waals surface area contributed by atoms with E-state index in [1.54, 1.807) is 30.2 Å². The fraction of sp³-hybridized carbons (Fsp3) is 0.375. The van der Waals surface area contributed by atoms with E-state index >= 15 is 0 Å². The second-order valence-corrected chi connectivity index (χ2v) is 8.49. The van der Waals surface area contributed by atoms with Crippen LogP contribution in [-0.4, -0.2) is 47.9 Å². The highest BCUT2D eigenvalue weighted by Gasteiger charge is 2.58. The highest BCUT2D eigenvalue weighted by atomic mass is 16.6. The molecule has 2 fully saturated rings. The van der Waals surface area contributed by atoms with Crippen molar-refractivity contribution < 1.29 is 23.9 Å². The molecule has 2 atom stereocenters. The van der Waals surface area contributed by atoms with Gasteiger partial charge >= 0.3 is 6.09 Å². The maximum atomic E-state index is 13.3. The number of para-hydroxylation sites is 1. The fourth-order valence-electron chi connectivity index (χ4n) is 5.23. The average molecular weight is 435 g/mol. The zero-order chi connectivity index (χ0) is 22.5. The van der Waals surface area contributed by atoms with E-state index in [4.69, 9.17) is 15.2 Å². The molecule has 2 N–H and O–H groups in total. The lowest BCUT2D eigenvalue weighted by atomic mass is 9.94. The number of benzene rings is 2. The first-order chi connectivity index (χ1) is 15.4. The van der Waals surface area contributed by atoms with Crippen molar-refractivity contribution in [3.63, 3.8) is 0 Å². The number of amides is 3. The van der Waals surface area contributed by atoms with Gasteiger partial charge in [-0.2, -0.15) is 0 Å². The molecule has 0 saturated carbocycles. The summed E-state index contributed by atoms with van der Waals surface area (Å²) in [6.07, 6.45) is 1.80. The van der Waals surface area contributed by atoms with Crippen molar-refractivity contribution in [1.29, 1.82) is 0 Å². The van der Waals surface area contributed by atoms with Gasteiger partial charge in [-0.3, -0.25) is 9.59 Å². The lowest BCUT2D eigenvalue weighted by molar-refractivity contribution is -0.142. The molecule has 1 aliphatic carbocycles. The van der Waals surface area contributed by atoms with E-state index in [0.717, 1.165) is 34.6 Å². The Morgan fingerprint density at radius 3 is 2.88 bits per heavy atom. The van der Waals surface area contributed by atoms with E-state index in [1.807, 2.05) is 24.3 Å². The molecule has 2 aliphatic heterocycles. The van der Waals surface area contributed by atoms with E-state index in [1.165, 1.54) is 0 Å². The number of likely N-dealkylation sites (tertiary alicyclic amines) is 1.